The van der Waals surface area contributed by atoms with Crippen molar-refractivity contribution in [1.82, 2.24) is 0 Å². The van der Waals surface area contributed by atoms with Gasteiger partial charge in [0.1, 0.15) is 0 Å². The lowest BCUT2D eigenvalue weighted by atomic mass is 10.3. The molecule has 0 radical (unpaired) electrons. The Bertz CT molecular complexity index is 436. The van der Waals surface area contributed by atoms with Crippen molar-refractivity contribution < 1.29 is 38.0 Å². The molecule has 0 atom stereocenters. The minimum Gasteiger partial charge on any atom is -0.466 e. The van der Waals surface area contributed by atoms with Crippen LogP contribution in [0.5, 0.6) is 0 Å². The highest BCUT2D eigenvalue weighted by molar-refractivity contribution is 5.77. The molecule has 0 rings (SSSR count). The van der Waals surface area contributed by atoms with Crippen LogP contribution in [0.2, 0.25) is 0 Å². The zero-order chi connectivity index (χ0) is 26.7. The van der Waals surface area contributed by atoms with Crippen LogP contribution in [-0.2, 0) is 38.0 Å². The van der Waals surface area contributed by atoms with Crippen molar-refractivity contribution in [3.8, 4) is 0 Å². The van der Waals surface area contributed by atoms with E-state index in [1.54, 1.807) is 0 Å². The summed E-state index contributed by atoms with van der Waals surface area (Å²) in [6.45, 7) is 11.8. The van der Waals surface area contributed by atoms with E-state index in [1.165, 1.54) is 0 Å². The fourth-order valence-electron chi connectivity index (χ4n) is 3.09. The molecule has 0 aliphatic rings. The second-order valence-corrected chi connectivity index (χ2v) is 8.98. The Labute approximate surface area is 220 Å². The minimum atomic E-state index is -0.393. The molecule has 0 aliphatic heterocycles. The Morgan fingerprint density at radius 2 is 0.778 bits per heavy atom. The van der Waals surface area contributed by atoms with Crippen molar-refractivity contribution in [2.75, 3.05) is 39.6 Å². The number of unbranched alkanes of at least 4 members (excludes halogenated alkanes) is 4. The standard InChI is InChI=1S/C28H54O8/c1-5-9-19-33-27(34-20-10-6-2)15-13-23-31-25(29)17-18-26(30)32-24-14-16-28(35-21-11-7-3)36-22-12-8-4/h27-28H,5-24H2,1-4H3. The van der Waals surface area contributed by atoms with Crippen LogP contribution < -0.4 is 0 Å². The Kier molecular flexibility index (Phi) is 25.9. The van der Waals surface area contributed by atoms with Gasteiger partial charge in [0.15, 0.2) is 12.6 Å². The maximum Gasteiger partial charge on any atom is 0.306 e. The molecular weight excluding hydrogens is 464 g/mol. The van der Waals surface area contributed by atoms with E-state index < -0.39 is 11.9 Å². The first-order valence-electron chi connectivity index (χ1n) is 14.3. The highest BCUT2D eigenvalue weighted by Crippen LogP contribution is 2.10. The van der Waals surface area contributed by atoms with Gasteiger partial charge in [0.2, 0.25) is 0 Å². The molecule has 0 aromatic rings. The molecular formula is C28H54O8. The van der Waals surface area contributed by atoms with E-state index in [9.17, 15) is 9.59 Å². The van der Waals surface area contributed by atoms with Crippen LogP contribution in [0, 0.1) is 0 Å². The average molecular weight is 519 g/mol. The van der Waals surface area contributed by atoms with Gasteiger partial charge in [0.25, 0.3) is 0 Å². The first-order valence-corrected chi connectivity index (χ1v) is 14.3. The largest absolute Gasteiger partial charge is 0.466 e. The summed E-state index contributed by atoms with van der Waals surface area (Å²) in [5.41, 5.74) is 0. The van der Waals surface area contributed by atoms with E-state index in [-0.39, 0.29) is 38.6 Å². The van der Waals surface area contributed by atoms with E-state index in [0.717, 1.165) is 51.4 Å². The van der Waals surface area contributed by atoms with Crippen LogP contribution in [0.4, 0.5) is 0 Å². The van der Waals surface area contributed by atoms with E-state index in [4.69, 9.17) is 28.4 Å². The number of rotatable bonds is 27. The van der Waals surface area contributed by atoms with Crippen LogP contribution in [0.1, 0.15) is 118 Å². The van der Waals surface area contributed by atoms with Crippen molar-refractivity contribution in [3.05, 3.63) is 0 Å². The zero-order valence-corrected chi connectivity index (χ0v) is 23.6. The van der Waals surface area contributed by atoms with Gasteiger partial charge in [-0.3, -0.25) is 9.59 Å². The molecule has 8 heteroatoms. The maximum absolute atomic E-state index is 12.0. The average Bonchev–Trinajstić information content (AvgIpc) is 2.87. The maximum atomic E-state index is 12.0. The van der Waals surface area contributed by atoms with Gasteiger partial charge in [-0.2, -0.15) is 0 Å². The number of carbonyl (C=O) groups excluding carboxylic acids is 2. The summed E-state index contributed by atoms with van der Waals surface area (Å²) >= 11 is 0. The molecule has 0 saturated carbocycles. The topological polar surface area (TPSA) is 89.5 Å². The molecule has 0 aromatic heterocycles. The molecule has 0 amide bonds. The third-order valence-electron chi connectivity index (χ3n) is 5.43. The normalized spacial score (nSPS) is 11.4. The van der Waals surface area contributed by atoms with E-state index in [1.807, 2.05) is 0 Å². The highest BCUT2D eigenvalue weighted by Gasteiger charge is 2.13. The van der Waals surface area contributed by atoms with Crippen molar-refractivity contribution in [1.29, 1.82) is 0 Å². The van der Waals surface area contributed by atoms with Gasteiger partial charge >= 0.3 is 11.9 Å². The van der Waals surface area contributed by atoms with E-state index >= 15 is 0 Å². The van der Waals surface area contributed by atoms with Crippen molar-refractivity contribution >= 4 is 11.9 Å². The first-order chi connectivity index (χ1) is 17.6. The van der Waals surface area contributed by atoms with Gasteiger partial charge < -0.3 is 28.4 Å². The number of hydrogen-bond acceptors (Lipinski definition) is 8. The number of esters is 2. The molecule has 0 fully saturated rings. The van der Waals surface area contributed by atoms with Crippen molar-refractivity contribution in [3.63, 3.8) is 0 Å². The van der Waals surface area contributed by atoms with Crippen molar-refractivity contribution in [2.45, 2.75) is 130 Å². The number of ether oxygens (including phenoxy) is 6. The molecule has 0 spiro atoms. The van der Waals surface area contributed by atoms with Crippen LogP contribution in [0.3, 0.4) is 0 Å². The Balaban J connectivity index is 3.97. The van der Waals surface area contributed by atoms with Gasteiger partial charge in [0.05, 0.1) is 26.1 Å². The summed E-state index contributed by atoms with van der Waals surface area (Å²) in [4.78, 5) is 23.9. The third-order valence-corrected chi connectivity index (χ3v) is 5.43. The molecule has 8 nitrogen and oxygen atoms in total. The molecule has 0 heterocycles. The molecule has 0 aliphatic carbocycles. The molecule has 36 heavy (non-hydrogen) atoms. The van der Waals surface area contributed by atoms with Gasteiger partial charge in [-0.25, -0.2) is 0 Å². The zero-order valence-electron chi connectivity index (χ0n) is 23.6. The predicted octanol–water partition coefficient (Wildman–Crippen LogP) is 6.33. The van der Waals surface area contributed by atoms with Gasteiger partial charge in [-0.1, -0.05) is 53.4 Å². The first kappa shape index (κ1) is 34.8. The summed E-state index contributed by atoms with van der Waals surface area (Å²) in [7, 11) is 0. The van der Waals surface area contributed by atoms with Gasteiger partial charge in [0, 0.05) is 39.3 Å². The molecule has 0 aromatic carbocycles. The number of carbonyl (C=O) groups is 2. The second-order valence-electron chi connectivity index (χ2n) is 8.98. The summed E-state index contributed by atoms with van der Waals surface area (Å²) in [5.74, 6) is -0.785. The lowest BCUT2D eigenvalue weighted by Gasteiger charge is -2.18. The molecule has 0 bridgehead atoms. The third kappa shape index (κ3) is 23.2. The van der Waals surface area contributed by atoms with Crippen LogP contribution >= 0.6 is 0 Å². The molecule has 0 saturated heterocycles. The van der Waals surface area contributed by atoms with Crippen molar-refractivity contribution in [2.24, 2.45) is 0 Å². The Hall–Kier alpha value is -1.22. The SMILES string of the molecule is CCCCOC(CCCOC(=O)CCC(=O)OCCCC(OCCCC)OCCCC)OCCCC. The second kappa shape index (κ2) is 26.8. The Morgan fingerprint density at radius 3 is 1.06 bits per heavy atom. The fraction of sp³-hybridized carbons (Fsp3) is 0.929. The summed E-state index contributed by atoms with van der Waals surface area (Å²) in [6.07, 6.45) is 10.5. The van der Waals surface area contributed by atoms with Crippen LogP contribution in [-0.4, -0.2) is 64.2 Å². The van der Waals surface area contributed by atoms with Crippen LogP contribution in [0.25, 0.3) is 0 Å². The van der Waals surface area contributed by atoms with E-state index in [0.29, 0.717) is 52.1 Å². The summed E-state index contributed by atoms with van der Waals surface area (Å²) in [5, 5.41) is 0. The van der Waals surface area contributed by atoms with Gasteiger partial charge in [-0.05, 0) is 38.5 Å². The summed E-state index contributed by atoms with van der Waals surface area (Å²) in [6, 6.07) is 0. The lowest BCUT2D eigenvalue weighted by Crippen LogP contribution is -2.20. The Morgan fingerprint density at radius 1 is 0.472 bits per heavy atom. The van der Waals surface area contributed by atoms with Gasteiger partial charge in [-0.15, -0.1) is 0 Å². The molecule has 0 N–H and O–H groups in total. The highest BCUT2D eigenvalue weighted by atomic mass is 16.7. The molecule has 0 unspecified atom stereocenters. The minimum absolute atomic E-state index is 0.0190. The van der Waals surface area contributed by atoms with Crippen LogP contribution in [0.15, 0.2) is 0 Å². The van der Waals surface area contributed by atoms with E-state index in [2.05, 4.69) is 27.7 Å². The quantitative estimate of drug-likeness (QED) is 0.0708. The molecule has 214 valence electrons. The predicted molar refractivity (Wildman–Crippen MR) is 141 cm³/mol. The summed E-state index contributed by atoms with van der Waals surface area (Å²) < 4.78 is 33.7. The smallest absolute Gasteiger partial charge is 0.306 e. The monoisotopic (exact) mass is 518 g/mol. The number of hydrogen-bond donors (Lipinski definition) is 0. The fourth-order valence-corrected chi connectivity index (χ4v) is 3.09. The lowest BCUT2D eigenvalue weighted by molar-refractivity contribution is -0.156.